The number of methoxy groups -OCH3 is 2. The lowest BCUT2D eigenvalue weighted by Gasteiger charge is -2.15. The number of carbonyl (C=O) groups is 1. The number of benzene rings is 2. The number of esters is 1. The molecule has 2 heterocycles. The summed E-state index contributed by atoms with van der Waals surface area (Å²) in [6.07, 6.45) is 0.450. The van der Waals surface area contributed by atoms with E-state index >= 15 is 0 Å². The van der Waals surface area contributed by atoms with E-state index in [1.807, 2.05) is 36.4 Å². The molecule has 2 aromatic carbocycles. The molecule has 0 fully saturated rings. The first-order valence-electron chi connectivity index (χ1n) is 8.01. The summed E-state index contributed by atoms with van der Waals surface area (Å²) in [6, 6.07) is 15.3. The predicted octanol–water partition coefficient (Wildman–Crippen LogP) is 3.71. The lowest BCUT2D eigenvalue weighted by Crippen LogP contribution is -2.07. The maximum absolute atomic E-state index is 11.7. The molecule has 126 valence electrons. The molecule has 1 atom stereocenters. The first kappa shape index (κ1) is 15.4. The smallest absolute Gasteiger partial charge is 0.337 e. The van der Waals surface area contributed by atoms with Crippen LogP contribution in [0.2, 0.25) is 0 Å². The van der Waals surface area contributed by atoms with Gasteiger partial charge in [0.2, 0.25) is 5.88 Å². The van der Waals surface area contributed by atoms with Crippen molar-refractivity contribution < 1.29 is 19.0 Å². The average Bonchev–Trinajstić information content (AvgIpc) is 3.09. The number of ether oxygens (including phenoxy) is 3. The van der Waals surface area contributed by atoms with Crippen molar-refractivity contribution in [3.05, 3.63) is 65.2 Å². The minimum Gasteiger partial charge on any atom is -0.485 e. The van der Waals surface area contributed by atoms with E-state index in [0.29, 0.717) is 17.9 Å². The van der Waals surface area contributed by atoms with E-state index < -0.39 is 0 Å². The van der Waals surface area contributed by atoms with Crippen LogP contribution in [0.1, 0.15) is 27.6 Å². The van der Waals surface area contributed by atoms with E-state index in [4.69, 9.17) is 14.2 Å². The van der Waals surface area contributed by atoms with Crippen molar-refractivity contribution in [3.8, 4) is 11.6 Å². The SMILES string of the molecule is COC(=O)c1ccc2c(c1)CC(c1cc3ccccc3nc1OC)O2. The van der Waals surface area contributed by atoms with Gasteiger partial charge in [0.1, 0.15) is 11.9 Å². The van der Waals surface area contributed by atoms with Gasteiger partial charge in [-0.3, -0.25) is 0 Å². The van der Waals surface area contributed by atoms with E-state index in [2.05, 4.69) is 11.1 Å². The van der Waals surface area contributed by atoms with Crippen LogP contribution in [0, 0.1) is 0 Å². The first-order valence-corrected chi connectivity index (χ1v) is 8.01. The van der Waals surface area contributed by atoms with Gasteiger partial charge in [0.15, 0.2) is 0 Å². The third kappa shape index (κ3) is 2.67. The number of hydrogen-bond donors (Lipinski definition) is 0. The predicted molar refractivity (Wildman–Crippen MR) is 93.1 cm³/mol. The summed E-state index contributed by atoms with van der Waals surface area (Å²) in [4.78, 5) is 16.3. The van der Waals surface area contributed by atoms with Crippen LogP contribution in [-0.2, 0) is 11.2 Å². The second-order valence-electron chi connectivity index (χ2n) is 5.90. The monoisotopic (exact) mass is 335 g/mol. The van der Waals surface area contributed by atoms with E-state index in [-0.39, 0.29) is 12.1 Å². The molecular weight excluding hydrogens is 318 g/mol. The highest BCUT2D eigenvalue weighted by Gasteiger charge is 2.28. The summed E-state index contributed by atoms with van der Waals surface area (Å²) in [6.45, 7) is 0. The van der Waals surface area contributed by atoms with Crippen LogP contribution in [0.15, 0.2) is 48.5 Å². The van der Waals surface area contributed by atoms with E-state index in [1.54, 1.807) is 13.2 Å². The highest BCUT2D eigenvalue weighted by Crippen LogP contribution is 2.40. The molecule has 1 unspecified atom stereocenters. The molecule has 1 aliphatic rings. The molecule has 0 saturated carbocycles. The molecule has 0 saturated heterocycles. The summed E-state index contributed by atoms with van der Waals surface area (Å²) in [7, 11) is 2.98. The number of para-hydroxylation sites is 1. The summed E-state index contributed by atoms with van der Waals surface area (Å²) in [5.74, 6) is 0.980. The molecule has 0 N–H and O–H groups in total. The van der Waals surface area contributed by atoms with Crippen molar-refractivity contribution in [2.24, 2.45) is 0 Å². The Labute approximate surface area is 145 Å². The van der Waals surface area contributed by atoms with Crippen LogP contribution in [0.3, 0.4) is 0 Å². The number of nitrogens with zero attached hydrogens (tertiary/aromatic N) is 1. The van der Waals surface area contributed by atoms with Gasteiger partial charge in [0, 0.05) is 11.8 Å². The minimum absolute atomic E-state index is 0.199. The Balaban J connectivity index is 1.71. The molecule has 5 nitrogen and oxygen atoms in total. The third-order valence-corrected chi connectivity index (χ3v) is 4.41. The number of pyridine rings is 1. The molecule has 1 aliphatic heterocycles. The van der Waals surface area contributed by atoms with Gasteiger partial charge in [0.25, 0.3) is 0 Å². The molecule has 25 heavy (non-hydrogen) atoms. The molecule has 0 amide bonds. The van der Waals surface area contributed by atoms with Crippen molar-refractivity contribution >= 4 is 16.9 Å². The second-order valence-corrected chi connectivity index (χ2v) is 5.90. The van der Waals surface area contributed by atoms with Gasteiger partial charge in [-0.1, -0.05) is 18.2 Å². The molecule has 0 radical (unpaired) electrons. The van der Waals surface area contributed by atoms with Gasteiger partial charge >= 0.3 is 5.97 Å². The van der Waals surface area contributed by atoms with Crippen molar-refractivity contribution in [2.45, 2.75) is 12.5 Å². The zero-order chi connectivity index (χ0) is 17.4. The Bertz CT molecular complexity index is 967. The summed E-state index contributed by atoms with van der Waals surface area (Å²) < 4.78 is 16.3. The van der Waals surface area contributed by atoms with Crippen LogP contribution in [0.5, 0.6) is 11.6 Å². The number of carbonyl (C=O) groups excluding carboxylic acids is 1. The van der Waals surface area contributed by atoms with Crippen molar-refractivity contribution in [3.63, 3.8) is 0 Å². The Morgan fingerprint density at radius 3 is 2.80 bits per heavy atom. The van der Waals surface area contributed by atoms with Crippen LogP contribution < -0.4 is 9.47 Å². The topological polar surface area (TPSA) is 57.7 Å². The molecular formula is C20H17NO4. The van der Waals surface area contributed by atoms with Gasteiger partial charge in [-0.15, -0.1) is 0 Å². The van der Waals surface area contributed by atoms with Crippen molar-refractivity contribution in [1.29, 1.82) is 0 Å². The Morgan fingerprint density at radius 1 is 1.16 bits per heavy atom. The zero-order valence-corrected chi connectivity index (χ0v) is 14.0. The molecule has 5 heteroatoms. The third-order valence-electron chi connectivity index (χ3n) is 4.41. The maximum atomic E-state index is 11.7. The minimum atomic E-state index is -0.351. The van der Waals surface area contributed by atoms with Crippen LogP contribution >= 0.6 is 0 Å². The Hall–Kier alpha value is -3.08. The molecule has 4 rings (SSSR count). The van der Waals surface area contributed by atoms with Gasteiger partial charge in [-0.25, -0.2) is 9.78 Å². The van der Waals surface area contributed by atoms with Gasteiger partial charge in [-0.05, 0) is 35.9 Å². The quantitative estimate of drug-likeness (QED) is 0.683. The van der Waals surface area contributed by atoms with E-state index in [0.717, 1.165) is 27.8 Å². The molecule has 0 aliphatic carbocycles. The molecule has 1 aromatic heterocycles. The maximum Gasteiger partial charge on any atom is 0.337 e. The van der Waals surface area contributed by atoms with Crippen LogP contribution in [-0.4, -0.2) is 25.2 Å². The summed E-state index contributed by atoms with van der Waals surface area (Å²) in [5, 5.41) is 1.04. The number of aromatic nitrogens is 1. The van der Waals surface area contributed by atoms with Crippen LogP contribution in [0.25, 0.3) is 10.9 Å². The zero-order valence-electron chi connectivity index (χ0n) is 14.0. The Kier molecular flexibility index (Phi) is 3.76. The highest BCUT2D eigenvalue weighted by molar-refractivity contribution is 5.89. The van der Waals surface area contributed by atoms with Crippen molar-refractivity contribution in [1.82, 2.24) is 4.98 Å². The second kappa shape index (κ2) is 6.09. The average molecular weight is 335 g/mol. The van der Waals surface area contributed by atoms with Gasteiger partial charge < -0.3 is 14.2 Å². The van der Waals surface area contributed by atoms with Crippen LogP contribution in [0.4, 0.5) is 0 Å². The fourth-order valence-corrected chi connectivity index (χ4v) is 3.18. The molecule has 3 aromatic rings. The Morgan fingerprint density at radius 2 is 2.00 bits per heavy atom. The van der Waals surface area contributed by atoms with E-state index in [1.165, 1.54) is 7.11 Å². The number of hydrogen-bond acceptors (Lipinski definition) is 5. The number of rotatable bonds is 3. The largest absolute Gasteiger partial charge is 0.485 e. The molecule has 0 spiro atoms. The normalized spacial score (nSPS) is 15.5. The lowest BCUT2D eigenvalue weighted by atomic mass is 10.0. The fourth-order valence-electron chi connectivity index (χ4n) is 3.18. The first-order chi connectivity index (χ1) is 12.2. The van der Waals surface area contributed by atoms with Crippen molar-refractivity contribution in [2.75, 3.05) is 14.2 Å². The molecule has 0 bridgehead atoms. The summed E-state index contributed by atoms with van der Waals surface area (Å²) >= 11 is 0. The van der Waals surface area contributed by atoms with E-state index in [9.17, 15) is 4.79 Å². The highest BCUT2D eigenvalue weighted by atomic mass is 16.5. The van der Waals surface area contributed by atoms with Gasteiger partial charge in [-0.2, -0.15) is 0 Å². The standard InChI is InChI=1S/C20H17NO4/c1-23-19-15(10-12-5-3-4-6-16(12)21-19)18-11-14-9-13(20(22)24-2)7-8-17(14)25-18/h3-10,18H,11H2,1-2H3. The lowest BCUT2D eigenvalue weighted by molar-refractivity contribution is 0.0600. The summed E-state index contributed by atoms with van der Waals surface area (Å²) in [5.41, 5.74) is 3.28. The van der Waals surface area contributed by atoms with Gasteiger partial charge in [0.05, 0.1) is 30.9 Å². The number of fused-ring (bicyclic) bond motifs is 2. The fraction of sp³-hybridized carbons (Fsp3) is 0.200.